The maximum Gasteiger partial charge on any atom is 0.123 e. The van der Waals surface area contributed by atoms with Crippen LogP contribution in [-0.4, -0.2) is 6.04 Å². The largest absolute Gasteiger partial charge is 0.339 e. The zero-order valence-electron chi connectivity index (χ0n) is 22.0. The van der Waals surface area contributed by atoms with Gasteiger partial charge in [0.15, 0.2) is 0 Å². The van der Waals surface area contributed by atoms with Crippen LogP contribution in [0, 0.1) is 5.82 Å². The average molecular weight is 458 g/mol. The number of rotatable bonds is 8. The molecule has 3 aromatic rings. The molecule has 1 aliphatic rings. The van der Waals surface area contributed by atoms with Gasteiger partial charge in [-0.25, -0.2) is 4.39 Å². The van der Waals surface area contributed by atoms with Crippen molar-refractivity contribution in [2.24, 2.45) is 0 Å². The fraction of sp³-hybridized carbons (Fsp3) is 0.438. The number of nitrogens with zero attached hydrogens (tertiary/aromatic N) is 1. The molecule has 0 N–H and O–H groups in total. The lowest BCUT2D eigenvalue weighted by molar-refractivity contribution is 0.472. The molecule has 0 aromatic heterocycles. The quantitative estimate of drug-likeness (QED) is 0.325. The van der Waals surface area contributed by atoms with Crippen LogP contribution in [-0.2, 0) is 10.8 Å². The Bertz CT molecular complexity index is 1160. The molecule has 2 heteroatoms. The first-order valence-electron chi connectivity index (χ1n) is 12.9. The van der Waals surface area contributed by atoms with Gasteiger partial charge in [-0.2, -0.15) is 0 Å². The fourth-order valence-corrected chi connectivity index (χ4v) is 5.87. The van der Waals surface area contributed by atoms with Gasteiger partial charge in [0.25, 0.3) is 0 Å². The van der Waals surface area contributed by atoms with Crippen LogP contribution in [0.15, 0.2) is 60.7 Å². The van der Waals surface area contributed by atoms with Crippen molar-refractivity contribution in [3.05, 3.63) is 83.2 Å². The SMILES string of the molecule is CCCC(C)N(c1ccc(F)cc1)c1ccc2c(c1)C(C)(C)c1cc(C(C)(C)CCC)ccc1-2. The molecule has 0 heterocycles. The van der Waals surface area contributed by atoms with Gasteiger partial charge in [0.2, 0.25) is 0 Å². The van der Waals surface area contributed by atoms with E-state index in [4.69, 9.17) is 0 Å². The minimum Gasteiger partial charge on any atom is -0.339 e. The van der Waals surface area contributed by atoms with E-state index in [1.807, 2.05) is 12.1 Å². The van der Waals surface area contributed by atoms with Crippen molar-refractivity contribution in [1.29, 1.82) is 0 Å². The Morgan fingerprint density at radius 2 is 1.41 bits per heavy atom. The maximum absolute atomic E-state index is 13.7. The van der Waals surface area contributed by atoms with Gasteiger partial charge in [-0.15, -0.1) is 0 Å². The molecule has 34 heavy (non-hydrogen) atoms. The normalized spacial score (nSPS) is 15.1. The van der Waals surface area contributed by atoms with Gasteiger partial charge in [0.05, 0.1) is 0 Å². The molecule has 0 radical (unpaired) electrons. The summed E-state index contributed by atoms with van der Waals surface area (Å²) in [5, 5.41) is 0. The van der Waals surface area contributed by atoms with Gasteiger partial charge in [-0.1, -0.05) is 78.6 Å². The summed E-state index contributed by atoms with van der Waals surface area (Å²) in [6.45, 7) is 16.2. The van der Waals surface area contributed by atoms with Crippen molar-refractivity contribution in [2.45, 2.75) is 91.0 Å². The summed E-state index contributed by atoms with van der Waals surface area (Å²) in [6.07, 6.45) is 4.56. The van der Waals surface area contributed by atoms with Crippen LogP contribution >= 0.6 is 0 Å². The molecule has 0 saturated carbocycles. The number of hydrogen-bond acceptors (Lipinski definition) is 1. The van der Waals surface area contributed by atoms with Crippen LogP contribution in [0.2, 0.25) is 0 Å². The summed E-state index contributed by atoms with van der Waals surface area (Å²) in [6, 6.07) is 21.3. The molecular formula is C32H40FN. The molecule has 1 unspecified atom stereocenters. The predicted molar refractivity (Wildman–Crippen MR) is 145 cm³/mol. The molecule has 0 amide bonds. The predicted octanol–water partition coefficient (Wildman–Crippen LogP) is 9.54. The first-order valence-corrected chi connectivity index (χ1v) is 12.9. The van der Waals surface area contributed by atoms with Crippen molar-refractivity contribution in [1.82, 2.24) is 0 Å². The summed E-state index contributed by atoms with van der Waals surface area (Å²) < 4.78 is 13.7. The Morgan fingerprint density at radius 3 is 2.03 bits per heavy atom. The monoisotopic (exact) mass is 457 g/mol. The van der Waals surface area contributed by atoms with Gasteiger partial charge < -0.3 is 4.90 Å². The van der Waals surface area contributed by atoms with E-state index in [0.717, 1.165) is 18.5 Å². The molecule has 0 fully saturated rings. The van der Waals surface area contributed by atoms with Crippen molar-refractivity contribution in [3.63, 3.8) is 0 Å². The van der Waals surface area contributed by atoms with Crippen LogP contribution in [0.5, 0.6) is 0 Å². The highest BCUT2D eigenvalue weighted by molar-refractivity contribution is 5.83. The van der Waals surface area contributed by atoms with Gasteiger partial charge in [0, 0.05) is 22.8 Å². The molecule has 0 aliphatic heterocycles. The lowest BCUT2D eigenvalue weighted by atomic mass is 9.76. The first kappa shape index (κ1) is 24.5. The second kappa shape index (κ2) is 9.21. The van der Waals surface area contributed by atoms with Crippen molar-refractivity contribution in [2.75, 3.05) is 4.90 Å². The molecule has 0 spiro atoms. The third-order valence-electron chi connectivity index (χ3n) is 7.85. The highest BCUT2D eigenvalue weighted by Crippen LogP contribution is 2.51. The van der Waals surface area contributed by atoms with E-state index in [2.05, 4.69) is 89.8 Å². The first-order chi connectivity index (χ1) is 16.1. The minimum absolute atomic E-state index is 0.0680. The Hall–Kier alpha value is -2.61. The summed E-state index contributed by atoms with van der Waals surface area (Å²) in [5.74, 6) is -0.195. The smallest absolute Gasteiger partial charge is 0.123 e. The topological polar surface area (TPSA) is 3.24 Å². The van der Waals surface area contributed by atoms with Crippen LogP contribution < -0.4 is 4.90 Å². The van der Waals surface area contributed by atoms with Crippen LogP contribution in [0.25, 0.3) is 11.1 Å². The highest BCUT2D eigenvalue weighted by atomic mass is 19.1. The van der Waals surface area contributed by atoms with E-state index < -0.39 is 0 Å². The number of anilines is 2. The number of halogens is 1. The molecule has 1 aliphatic carbocycles. The third-order valence-corrected chi connectivity index (χ3v) is 7.85. The van der Waals surface area contributed by atoms with Crippen molar-refractivity contribution < 1.29 is 4.39 Å². The summed E-state index contributed by atoms with van der Waals surface area (Å²) in [7, 11) is 0. The maximum atomic E-state index is 13.7. The van der Waals surface area contributed by atoms with Crippen LogP contribution in [0.3, 0.4) is 0 Å². The molecule has 1 atom stereocenters. The van der Waals surface area contributed by atoms with Crippen LogP contribution in [0.4, 0.5) is 15.8 Å². The number of fused-ring (bicyclic) bond motifs is 3. The third kappa shape index (κ3) is 4.28. The van der Waals surface area contributed by atoms with E-state index in [1.165, 1.54) is 46.3 Å². The molecule has 0 bridgehead atoms. The summed E-state index contributed by atoms with van der Waals surface area (Å²) in [4.78, 5) is 2.37. The van der Waals surface area contributed by atoms with E-state index >= 15 is 0 Å². The molecule has 3 aromatic carbocycles. The van der Waals surface area contributed by atoms with Crippen molar-refractivity contribution >= 4 is 11.4 Å². The van der Waals surface area contributed by atoms with E-state index in [9.17, 15) is 4.39 Å². The second-order valence-electron chi connectivity index (χ2n) is 11.2. The number of hydrogen-bond donors (Lipinski definition) is 0. The van der Waals surface area contributed by atoms with Gasteiger partial charge >= 0.3 is 0 Å². The zero-order valence-corrected chi connectivity index (χ0v) is 22.0. The number of benzene rings is 3. The Kier molecular flexibility index (Phi) is 6.64. The molecule has 180 valence electrons. The molecular weight excluding hydrogens is 417 g/mol. The minimum atomic E-state index is -0.195. The Balaban J connectivity index is 1.80. The lowest BCUT2D eigenvalue weighted by Gasteiger charge is -2.33. The highest BCUT2D eigenvalue weighted by Gasteiger charge is 2.37. The average Bonchev–Trinajstić information content (AvgIpc) is 3.02. The van der Waals surface area contributed by atoms with Crippen LogP contribution in [0.1, 0.15) is 90.8 Å². The van der Waals surface area contributed by atoms with Gasteiger partial charge in [-0.3, -0.25) is 0 Å². The zero-order chi connectivity index (χ0) is 24.7. The second-order valence-corrected chi connectivity index (χ2v) is 11.2. The van der Waals surface area contributed by atoms with E-state index in [-0.39, 0.29) is 16.6 Å². The molecule has 4 rings (SSSR count). The van der Waals surface area contributed by atoms with Gasteiger partial charge in [0.1, 0.15) is 5.82 Å². The summed E-state index contributed by atoms with van der Waals surface area (Å²) >= 11 is 0. The van der Waals surface area contributed by atoms with Gasteiger partial charge in [-0.05, 0) is 89.4 Å². The Labute approximate surface area is 206 Å². The Morgan fingerprint density at radius 1 is 0.824 bits per heavy atom. The molecule has 0 saturated heterocycles. The lowest BCUT2D eigenvalue weighted by Crippen LogP contribution is -2.28. The van der Waals surface area contributed by atoms with E-state index in [0.29, 0.717) is 6.04 Å². The fourth-order valence-electron chi connectivity index (χ4n) is 5.87. The van der Waals surface area contributed by atoms with Crippen molar-refractivity contribution in [3.8, 4) is 11.1 Å². The standard InChI is InChI=1S/C32H40FN/c1-8-10-22(3)34(25-14-12-24(33)13-15-25)26-16-18-28-27-17-11-23(31(4,5)19-9-2)20-29(27)32(6,7)30(28)21-26/h11-18,20-22H,8-10,19H2,1-7H3. The van der Waals surface area contributed by atoms with E-state index in [1.54, 1.807) is 12.1 Å². The summed E-state index contributed by atoms with van der Waals surface area (Å²) in [5.41, 5.74) is 9.26. The molecule has 1 nitrogen and oxygen atoms in total.